The number of thioether (sulfide) groups is 1. The highest BCUT2D eigenvalue weighted by Crippen LogP contribution is 2.35. The second-order valence-corrected chi connectivity index (χ2v) is 6.13. The van der Waals surface area contributed by atoms with Crippen LogP contribution in [0.1, 0.15) is 37.6 Å². The monoisotopic (exact) mass is 278 g/mol. The lowest BCUT2D eigenvalue weighted by molar-refractivity contribution is -0.115. The van der Waals surface area contributed by atoms with E-state index < -0.39 is 0 Å². The van der Waals surface area contributed by atoms with Gasteiger partial charge in [-0.05, 0) is 38.5 Å². The summed E-state index contributed by atoms with van der Waals surface area (Å²) in [5, 5.41) is 5.66. The SMILES string of the molecule is CC[C@@H](C)NC(=O)c1ccc2c(c1)NC(=O)[C@@H](C)S2. The Morgan fingerprint density at radius 1 is 1.53 bits per heavy atom. The van der Waals surface area contributed by atoms with Gasteiger partial charge in [-0.15, -0.1) is 11.8 Å². The minimum atomic E-state index is -0.102. The Kier molecular flexibility index (Phi) is 4.14. The van der Waals surface area contributed by atoms with Crippen LogP contribution in [0.3, 0.4) is 0 Å². The second kappa shape index (κ2) is 5.65. The number of hydrogen-bond acceptors (Lipinski definition) is 3. The van der Waals surface area contributed by atoms with Crippen LogP contribution in [0, 0.1) is 0 Å². The number of anilines is 1. The Bertz CT molecular complexity index is 516. The number of rotatable bonds is 3. The molecule has 5 heteroatoms. The topological polar surface area (TPSA) is 58.2 Å². The predicted molar refractivity (Wildman–Crippen MR) is 77.6 cm³/mol. The van der Waals surface area contributed by atoms with Gasteiger partial charge in [-0.1, -0.05) is 6.92 Å². The number of fused-ring (bicyclic) bond motifs is 1. The van der Waals surface area contributed by atoms with Gasteiger partial charge in [0.15, 0.2) is 0 Å². The van der Waals surface area contributed by atoms with Gasteiger partial charge >= 0.3 is 0 Å². The first-order valence-corrected chi connectivity index (χ1v) is 7.31. The van der Waals surface area contributed by atoms with Crippen molar-refractivity contribution in [1.82, 2.24) is 5.32 Å². The number of nitrogens with one attached hydrogen (secondary N) is 2. The summed E-state index contributed by atoms with van der Waals surface area (Å²) in [4.78, 5) is 24.7. The van der Waals surface area contributed by atoms with Gasteiger partial charge in [0.05, 0.1) is 10.9 Å². The number of carbonyl (C=O) groups is 2. The molecule has 0 saturated heterocycles. The van der Waals surface area contributed by atoms with E-state index in [-0.39, 0.29) is 23.1 Å². The third-order valence-electron chi connectivity index (χ3n) is 3.16. The van der Waals surface area contributed by atoms with Crippen molar-refractivity contribution in [2.24, 2.45) is 0 Å². The fraction of sp³-hybridized carbons (Fsp3) is 0.429. The van der Waals surface area contributed by atoms with Crippen molar-refractivity contribution in [3.8, 4) is 0 Å². The molecule has 0 saturated carbocycles. The third kappa shape index (κ3) is 3.10. The summed E-state index contributed by atoms with van der Waals surface area (Å²) in [7, 11) is 0. The van der Waals surface area contributed by atoms with Crippen molar-refractivity contribution in [2.45, 2.75) is 43.4 Å². The minimum Gasteiger partial charge on any atom is -0.350 e. The first-order valence-electron chi connectivity index (χ1n) is 6.43. The van der Waals surface area contributed by atoms with Gasteiger partial charge in [-0.2, -0.15) is 0 Å². The lowest BCUT2D eigenvalue weighted by atomic mass is 10.1. The van der Waals surface area contributed by atoms with Crippen molar-refractivity contribution in [3.05, 3.63) is 23.8 Å². The van der Waals surface area contributed by atoms with Crippen LogP contribution < -0.4 is 10.6 Å². The van der Waals surface area contributed by atoms with Crippen LogP contribution in [-0.2, 0) is 4.79 Å². The normalized spacial score (nSPS) is 19.3. The third-order valence-corrected chi connectivity index (χ3v) is 4.34. The molecule has 19 heavy (non-hydrogen) atoms. The Morgan fingerprint density at radius 3 is 2.95 bits per heavy atom. The zero-order chi connectivity index (χ0) is 14.0. The molecule has 4 nitrogen and oxygen atoms in total. The molecule has 0 aliphatic carbocycles. The molecule has 2 atom stereocenters. The van der Waals surface area contributed by atoms with Crippen LogP contribution in [0.15, 0.2) is 23.1 Å². The fourth-order valence-electron chi connectivity index (χ4n) is 1.76. The van der Waals surface area contributed by atoms with E-state index in [0.29, 0.717) is 5.56 Å². The summed E-state index contributed by atoms with van der Waals surface area (Å²) in [6, 6.07) is 5.58. The molecule has 0 unspecified atom stereocenters. The lowest BCUT2D eigenvalue weighted by Crippen LogP contribution is -2.32. The van der Waals surface area contributed by atoms with Crippen molar-refractivity contribution >= 4 is 29.3 Å². The van der Waals surface area contributed by atoms with Crippen molar-refractivity contribution in [3.63, 3.8) is 0 Å². The van der Waals surface area contributed by atoms with Gasteiger partial charge in [-0.25, -0.2) is 0 Å². The lowest BCUT2D eigenvalue weighted by Gasteiger charge is -2.22. The molecule has 1 aromatic carbocycles. The van der Waals surface area contributed by atoms with Gasteiger partial charge in [0.1, 0.15) is 0 Å². The number of benzene rings is 1. The summed E-state index contributed by atoms with van der Waals surface area (Å²) >= 11 is 1.52. The maximum atomic E-state index is 12.0. The fourth-order valence-corrected chi connectivity index (χ4v) is 2.69. The standard InChI is InChI=1S/C14H18N2O2S/c1-4-8(2)15-14(18)10-5-6-12-11(7-10)16-13(17)9(3)19-12/h5-9H,4H2,1-3H3,(H,15,18)(H,16,17)/t8-,9-/m1/s1. The highest BCUT2D eigenvalue weighted by Gasteiger charge is 2.23. The highest BCUT2D eigenvalue weighted by atomic mass is 32.2. The molecule has 0 aromatic heterocycles. The summed E-state index contributed by atoms with van der Waals surface area (Å²) < 4.78 is 0. The quantitative estimate of drug-likeness (QED) is 0.893. The van der Waals surface area contributed by atoms with Crippen molar-refractivity contribution in [2.75, 3.05) is 5.32 Å². The Hall–Kier alpha value is -1.49. The van der Waals surface area contributed by atoms with E-state index in [9.17, 15) is 9.59 Å². The molecular formula is C14H18N2O2S. The molecule has 1 aromatic rings. The van der Waals surface area contributed by atoms with Gasteiger partial charge in [0.25, 0.3) is 5.91 Å². The van der Waals surface area contributed by atoms with E-state index in [4.69, 9.17) is 0 Å². The smallest absolute Gasteiger partial charge is 0.251 e. The van der Waals surface area contributed by atoms with Crippen LogP contribution in [-0.4, -0.2) is 23.1 Å². The summed E-state index contributed by atoms with van der Waals surface area (Å²) in [6.45, 7) is 5.86. The molecular weight excluding hydrogens is 260 g/mol. The first kappa shape index (κ1) is 13.9. The average Bonchev–Trinajstić information content (AvgIpc) is 2.39. The van der Waals surface area contributed by atoms with Crippen LogP contribution in [0.25, 0.3) is 0 Å². The largest absolute Gasteiger partial charge is 0.350 e. The Labute approximate surface area is 117 Å². The van der Waals surface area contributed by atoms with E-state index in [1.165, 1.54) is 11.8 Å². The summed E-state index contributed by atoms with van der Waals surface area (Å²) in [5.41, 5.74) is 1.31. The molecule has 1 aliphatic rings. The summed E-state index contributed by atoms with van der Waals surface area (Å²) in [5.74, 6) is -0.119. The molecule has 1 heterocycles. The summed E-state index contributed by atoms with van der Waals surface area (Å²) in [6.07, 6.45) is 0.890. The van der Waals surface area contributed by atoms with Crippen molar-refractivity contribution in [1.29, 1.82) is 0 Å². The van der Waals surface area contributed by atoms with Gasteiger partial charge in [-0.3, -0.25) is 9.59 Å². The van der Waals surface area contributed by atoms with E-state index in [1.807, 2.05) is 26.8 Å². The van der Waals surface area contributed by atoms with Crippen LogP contribution >= 0.6 is 11.8 Å². The number of hydrogen-bond donors (Lipinski definition) is 2. The van der Waals surface area contributed by atoms with Crippen LogP contribution in [0.5, 0.6) is 0 Å². The van der Waals surface area contributed by atoms with E-state index >= 15 is 0 Å². The van der Waals surface area contributed by atoms with E-state index in [2.05, 4.69) is 10.6 Å². The Morgan fingerprint density at radius 2 is 2.26 bits per heavy atom. The molecule has 0 bridgehead atoms. The number of carbonyl (C=O) groups excluding carboxylic acids is 2. The molecule has 2 rings (SSSR count). The molecule has 2 N–H and O–H groups in total. The molecule has 0 spiro atoms. The first-order chi connectivity index (χ1) is 9.01. The predicted octanol–water partition coefficient (Wildman–Crippen LogP) is 2.65. The Balaban J connectivity index is 2.19. The average molecular weight is 278 g/mol. The van der Waals surface area contributed by atoms with Crippen LogP contribution in [0.4, 0.5) is 5.69 Å². The van der Waals surface area contributed by atoms with E-state index in [1.54, 1.807) is 12.1 Å². The number of amides is 2. The molecule has 102 valence electrons. The second-order valence-electron chi connectivity index (χ2n) is 4.74. The maximum Gasteiger partial charge on any atom is 0.251 e. The van der Waals surface area contributed by atoms with E-state index in [0.717, 1.165) is 17.0 Å². The molecule has 0 fully saturated rings. The minimum absolute atomic E-state index is 0.0167. The highest BCUT2D eigenvalue weighted by molar-refractivity contribution is 8.00. The zero-order valence-corrected chi connectivity index (χ0v) is 12.1. The molecule has 1 aliphatic heterocycles. The molecule has 2 amide bonds. The van der Waals surface area contributed by atoms with Crippen molar-refractivity contribution < 1.29 is 9.59 Å². The molecule has 0 radical (unpaired) electrons. The van der Waals surface area contributed by atoms with Gasteiger partial charge in [0.2, 0.25) is 5.91 Å². The zero-order valence-electron chi connectivity index (χ0n) is 11.3. The maximum absolute atomic E-state index is 12.0. The van der Waals surface area contributed by atoms with Gasteiger partial charge in [0, 0.05) is 16.5 Å². The van der Waals surface area contributed by atoms with Gasteiger partial charge < -0.3 is 10.6 Å². The van der Waals surface area contributed by atoms with Crippen LogP contribution in [0.2, 0.25) is 0 Å².